The highest BCUT2D eigenvalue weighted by molar-refractivity contribution is 7.71. The Morgan fingerprint density at radius 1 is 1.73 bits per heavy atom. The number of methoxy groups -OCH3 is 1. The van der Waals surface area contributed by atoms with Crippen molar-refractivity contribution in [3.63, 3.8) is 0 Å². The Labute approximate surface area is 94.7 Å². The summed E-state index contributed by atoms with van der Waals surface area (Å²) in [5, 5.41) is 0. The van der Waals surface area contributed by atoms with Crippen molar-refractivity contribution in [3.05, 3.63) is 26.9 Å². The number of nitrogens with zero attached hydrogens (tertiary/aromatic N) is 1. The number of rotatable bonds is 4. The lowest BCUT2D eigenvalue weighted by Crippen LogP contribution is -2.25. The van der Waals surface area contributed by atoms with Gasteiger partial charge in [-0.3, -0.25) is 4.98 Å². The van der Waals surface area contributed by atoms with E-state index < -0.39 is 0 Å². The molecule has 4 nitrogen and oxygen atoms in total. The molecular formula is C9H13BN2O2S. The summed E-state index contributed by atoms with van der Waals surface area (Å²) >= 11 is 4.94. The third-order valence-corrected chi connectivity index (χ3v) is 2.57. The van der Waals surface area contributed by atoms with E-state index in [4.69, 9.17) is 24.8 Å². The molecule has 1 rings (SSSR count). The number of hydrogen-bond donors (Lipinski definition) is 1. The predicted octanol–water partition coefficient (Wildman–Crippen LogP) is 0.745. The second-order valence-electron chi connectivity index (χ2n) is 3.33. The van der Waals surface area contributed by atoms with Gasteiger partial charge in [-0.05, 0) is 13.3 Å². The molecule has 0 spiro atoms. The molecule has 1 heterocycles. The van der Waals surface area contributed by atoms with E-state index in [0.717, 1.165) is 5.56 Å². The van der Waals surface area contributed by atoms with E-state index in [0.29, 0.717) is 17.6 Å². The van der Waals surface area contributed by atoms with Crippen LogP contribution in [0, 0.1) is 11.6 Å². The maximum Gasteiger partial charge on any atom is 0.326 e. The fourth-order valence-electron chi connectivity index (χ4n) is 1.17. The van der Waals surface area contributed by atoms with E-state index in [1.165, 1.54) is 7.11 Å². The predicted molar refractivity (Wildman–Crippen MR) is 61.8 cm³/mol. The molecule has 15 heavy (non-hydrogen) atoms. The van der Waals surface area contributed by atoms with Crippen molar-refractivity contribution < 1.29 is 4.74 Å². The maximum atomic E-state index is 11.5. The molecule has 0 fully saturated rings. The molecule has 1 aromatic rings. The molecule has 0 aliphatic heterocycles. The van der Waals surface area contributed by atoms with Crippen molar-refractivity contribution in [2.24, 2.45) is 0 Å². The van der Waals surface area contributed by atoms with Crippen molar-refractivity contribution in [2.45, 2.75) is 25.9 Å². The monoisotopic (exact) mass is 224 g/mol. The molecule has 0 aliphatic rings. The Hall–Kier alpha value is -0.875. The molecule has 0 aliphatic carbocycles. The average molecular weight is 224 g/mol. The summed E-state index contributed by atoms with van der Waals surface area (Å²) in [7, 11) is 7.11. The smallest absolute Gasteiger partial charge is 0.326 e. The van der Waals surface area contributed by atoms with Crippen molar-refractivity contribution in [1.29, 1.82) is 0 Å². The van der Waals surface area contributed by atoms with Crippen LogP contribution in [0.5, 0.6) is 0 Å². The zero-order valence-electron chi connectivity index (χ0n) is 8.82. The summed E-state index contributed by atoms with van der Waals surface area (Å²) in [5.41, 5.74) is 0.657. The molecule has 1 N–H and O–H groups in total. The quantitative estimate of drug-likeness (QED) is 0.606. The summed E-state index contributed by atoms with van der Waals surface area (Å²) in [6, 6.07) is -0.347. The molecule has 80 valence electrons. The number of H-pyrrole nitrogens is 1. The maximum absolute atomic E-state index is 11.5. The van der Waals surface area contributed by atoms with Crippen LogP contribution in [0.2, 0.25) is 0 Å². The van der Waals surface area contributed by atoms with E-state index in [9.17, 15) is 4.79 Å². The minimum Gasteiger partial charge on any atom is -0.391 e. The zero-order valence-corrected chi connectivity index (χ0v) is 9.63. The number of ether oxygens (including phenoxy) is 1. The second kappa shape index (κ2) is 5.28. The van der Waals surface area contributed by atoms with Gasteiger partial charge in [-0.25, -0.2) is 4.79 Å². The first-order valence-corrected chi connectivity index (χ1v) is 5.04. The van der Waals surface area contributed by atoms with Crippen LogP contribution in [0.15, 0.2) is 11.0 Å². The SMILES string of the molecule is [B][C@H](CCn1cc(C)c(=S)[nH]c1=O)OC. The van der Waals surface area contributed by atoms with Gasteiger partial charge in [-0.1, -0.05) is 12.2 Å². The molecule has 2 radical (unpaired) electrons. The van der Waals surface area contributed by atoms with Crippen LogP contribution < -0.4 is 5.69 Å². The van der Waals surface area contributed by atoms with Crippen molar-refractivity contribution in [1.82, 2.24) is 9.55 Å². The minimum atomic E-state index is -0.347. The van der Waals surface area contributed by atoms with E-state index in [1.807, 2.05) is 6.92 Å². The summed E-state index contributed by atoms with van der Waals surface area (Å²) < 4.78 is 6.92. The Kier molecular flexibility index (Phi) is 4.29. The number of hydrogen-bond acceptors (Lipinski definition) is 3. The molecule has 0 saturated carbocycles. The topological polar surface area (TPSA) is 47.0 Å². The highest BCUT2D eigenvalue weighted by atomic mass is 32.1. The van der Waals surface area contributed by atoms with E-state index in [1.54, 1.807) is 10.8 Å². The van der Waals surface area contributed by atoms with E-state index in [-0.39, 0.29) is 11.7 Å². The Morgan fingerprint density at radius 3 is 3.00 bits per heavy atom. The van der Waals surface area contributed by atoms with Crippen LogP contribution in [0.1, 0.15) is 12.0 Å². The molecule has 0 saturated heterocycles. The van der Waals surface area contributed by atoms with Crippen LogP contribution >= 0.6 is 12.2 Å². The Balaban J connectivity index is 2.82. The first kappa shape index (κ1) is 12.2. The summed E-state index contributed by atoms with van der Waals surface area (Å²) in [4.78, 5) is 14.0. The summed E-state index contributed by atoms with van der Waals surface area (Å²) in [6.07, 6.45) is 2.31. The lowest BCUT2D eigenvalue weighted by Gasteiger charge is -2.11. The van der Waals surface area contributed by atoms with Gasteiger partial charge in [0.2, 0.25) is 0 Å². The number of aromatic nitrogens is 2. The number of aryl methyl sites for hydroxylation is 2. The molecule has 0 aromatic carbocycles. The van der Waals surface area contributed by atoms with Gasteiger partial charge in [0, 0.05) is 31.4 Å². The standard InChI is InChI=1S/C9H13BN2O2S/c1-6-5-12(4-3-7(10)14-2)9(13)11-8(6)15/h5,7H,3-4H2,1-2H3,(H,11,13,15)/t7-/m0/s1. The highest BCUT2D eigenvalue weighted by Crippen LogP contribution is 1.98. The van der Waals surface area contributed by atoms with Crippen LogP contribution in [0.25, 0.3) is 0 Å². The van der Waals surface area contributed by atoms with E-state index in [2.05, 4.69) is 4.98 Å². The second-order valence-corrected chi connectivity index (χ2v) is 3.74. The number of aromatic amines is 1. The van der Waals surface area contributed by atoms with Gasteiger partial charge in [0.15, 0.2) is 0 Å². The number of nitrogens with one attached hydrogen (secondary N) is 1. The third kappa shape index (κ3) is 3.32. The van der Waals surface area contributed by atoms with Crippen molar-refractivity contribution >= 4 is 20.1 Å². The van der Waals surface area contributed by atoms with Crippen LogP contribution in [-0.4, -0.2) is 30.5 Å². The summed E-state index contributed by atoms with van der Waals surface area (Å²) in [6.45, 7) is 2.37. The molecule has 0 unspecified atom stereocenters. The van der Waals surface area contributed by atoms with Gasteiger partial charge in [-0.15, -0.1) is 0 Å². The van der Waals surface area contributed by atoms with Gasteiger partial charge in [0.05, 0.1) is 0 Å². The lowest BCUT2D eigenvalue weighted by molar-refractivity contribution is 0.154. The van der Waals surface area contributed by atoms with Crippen LogP contribution in [-0.2, 0) is 11.3 Å². The largest absolute Gasteiger partial charge is 0.391 e. The molecular weight excluding hydrogens is 211 g/mol. The fraction of sp³-hybridized carbons (Fsp3) is 0.556. The molecule has 1 atom stereocenters. The fourth-order valence-corrected chi connectivity index (χ4v) is 1.31. The van der Waals surface area contributed by atoms with Crippen LogP contribution in [0.3, 0.4) is 0 Å². The zero-order chi connectivity index (χ0) is 11.4. The normalized spacial score (nSPS) is 12.7. The molecule has 6 heteroatoms. The third-order valence-electron chi connectivity index (χ3n) is 2.15. The highest BCUT2D eigenvalue weighted by Gasteiger charge is 2.02. The van der Waals surface area contributed by atoms with Gasteiger partial charge in [-0.2, -0.15) is 0 Å². The van der Waals surface area contributed by atoms with Crippen LogP contribution in [0.4, 0.5) is 0 Å². The van der Waals surface area contributed by atoms with Gasteiger partial charge >= 0.3 is 5.69 Å². The van der Waals surface area contributed by atoms with Crippen molar-refractivity contribution in [3.8, 4) is 0 Å². The first-order valence-electron chi connectivity index (χ1n) is 4.63. The average Bonchev–Trinajstić information content (AvgIpc) is 2.21. The molecule has 0 amide bonds. The minimum absolute atomic E-state index is 0.214. The van der Waals surface area contributed by atoms with E-state index >= 15 is 0 Å². The van der Waals surface area contributed by atoms with Gasteiger partial charge in [0.1, 0.15) is 12.5 Å². The first-order chi connectivity index (χ1) is 7.04. The molecule has 0 bridgehead atoms. The molecule has 1 aromatic heterocycles. The Morgan fingerprint density at radius 2 is 2.40 bits per heavy atom. The Bertz CT molecular complexity index is 440. The lowest BCUT2D eigenvalue weighted by atomic mass is 9.97. The summed E-state index contributed by atoms with van der Waals surface area (Å²) in [5.74, 6) is 0. The van der Waals surface area contributed by atoms with Gasteiger partial charge in [0.25, 0.3) is 0 Å². The van der Waals surface area contributed by atoms with Crippen molar-refractivity contribution in [2.75, 3.05) is 7.11 Å². The van der Waals surface area contributed by atoms with Gasteiger partial charge < -0.3 is 9.30 Å².